The van der Waals surface area contributed by atoms with Gasteiger partial charge in [0.05, 0.1) is 0 Å². The number of ether oxygens (including phenoxy) is 1. The maximum Gasteiger partial charge on any atom is 0.0474 e. The van der Waals surface area contributed by atoms with E-state index in [1.54, 1.807) is 7.11 Å². The van der Waals surface area contributed by atoms with Gasteiger partial charge in [0.25, 0.3) is 0 Å². The molecule has 1 aromatic rings. The van der Waals surface area contributed by atoms with Crippen molar-refractivity contribution in [1.82, 2.24) is 5.32 Å². The molecule has 0 heterocycles. The van der Waals surface area contributed by atoms with Gasteiger partial charge in [-0.3, -0.25) is 0 Å². The highest BCUT2D eigenvalue weighted by atomic mass is 16.5. The van der Waals surface area contributed by atoms with Crippen molar-refractivity contribution in [1.29, 1.82) is 0 Å². The highest BCUT2D eigenvalue weighted by molar-refractivity contribution is 5.18. The van der Waals surface area contributed by atoms with E-state index < -0.39 is 0 Å². The molecule has 0 spiro atoms. The van der Waals surface area contributed by atoms with Gasteiger partial charge in [0.1, 0.15) is 0 Å². The molecule has 0 fully saturated rings. The molecular weight excluding hydrogens is 222 g/mol. The van der Waals surface area contributed by atoms with Gasteiger partial charge in [-0.05, 0) is 24.9 Å². The van der Waals surface area contributed by atoms with Crippen LogP contribution in [0.1, 0.15) is 50.6 Å². The van der Waals surface area contributed by atoms with Gasteiger partial charge in [-0.25, -0.2) is 0 Å². The van der Waals surface area contributed by atoms with Crippen molar-refractivity contribution < 1.29 is 4.74 Å². The predicted octanol–water partition coefficient (Wildman–Crippen LogP) is 3.93. The van der Waals surface area contributed by atoms with Gasteiger partial charge in [0.2, 0.25) is 0 Å². The van der Waals surface area contributed by atoms with E-state index in [1.807, 2.05) is 0 Å². The number of hydrogen-bond donors (Lipinski definition) is 1. The third kappa shape index (κ3) is 6.18. The Bertz CT molecular complexity index is 286. The first-order valence-corrected chi connectivity index (χ1v) is 7.15. The van der Waals surface area contributed by atoms with E-state index in [4.69, 9.17) is 4.74 Å². The van der Waals surface area contributed by atoms with Crippen LogP contribution in [-0.4, -0.2) is 20.3 Å². The van der Waals surface area contributed by atoms with Crippen LogP contribution in [0.4, 0.5) is 0 Å². The van der Waals surface area contributed by atoms with E-state index in [9.17, 15) is 0 Å². The number of methoxy groups -OCH3 is 1. The molecule has 0 radical (unpaired) electrons. The van der Waals surface area contributed by atoms with Crippen molar-refractivity contribution in [3.8, 4) is 0 Å². The first-order valence-electron chi connectivity index (χ1n) is 7.15. The molecule has 0 aliphatic heterocycles. The Kier molecular flexibility index (Phi) is 8.53. The fraction of sp³-hybridized carbons (Fsp3) is 0.625. The molecule has 1 atom stereocenters. The highest BCUT2D eigenvalue weighted by Crippen LogP contribution is 2.19. The average Bonchev–Trinajstić information content (AvgIpc) is 2.42. The largest absolute Gasteiger partial charge is 0.385 e. The van der Waals surface area contributed by atoms with E-state index in [0.29, 0.717) is 6.04 Å². The zero-order valence-corrected chi connectivity index (χ0v) is 11.8. The molecule has 0 amide bonds. The van der Waals surface area contributed by atoms with Gasteiger partial charge >= 0.3 is 0 Å². The number of unbranched alkanes of at least 4 members (excludes halogenated alkanes) is 2. The minimum Gasteiger partial charge on any atom is -0.385 e. The summed E-state index contributed by atoms with van der Waals surface area (Å²) in [5, 5.41) is 3.65. The number of hydrogen-bond acceptors (Lipinski definition) is 2. The fourth-order valence-electron chi connectivity index (χ4n) is 2.16. The van der Waals surface area contributed by atoms with Crippen molar-refractivity contribution in [3.05, 3.63) is 35.9 Å². The van der Waals surface area contributed by atoms with Gasteiger partial charge in [-0.15, -0.1) is 0 Å². The second kappa shape index (κ2) is 10.1. The first kappa shape index (κ1) is 15.2. The van der Waals surface area contributed by atoms with E-state index in [-0.39, 0.29) is 0 Å². The van der Waals surface area contributed by atoms with E-state index in [1.165, 1.54) is 31.2 Å². The van der Waals surface area contributed by atoms with Gasteiger partial charge in [0, 0.05) is 19.8 Å². The first-order chi connectivity index (χ1) is 8.88. The van der Waals surface area contributed by atoms with Crippen LogP contribution in [0.3, 0.4) is 0 Å². The van der Waals surface area contributed by atoms with Crippen LogP contribution in [0, 0.1) is 0 Å². The Hall–Kier alpha value is -0.860. The fourth-order valence-corrected chi connectivity index (χ4v) is 2.16. The summed E-state index contributed by atoms with van der Waals surface area (Å²) < 4.78 is 5.09. The van der Waals surface area contributed by atoms with Crippen molar-refractivity contribution in [2.24, 2.45) is 0 Å². The lowest BCUT2D eigenvalue weighted by Gasteiger charge is -2.19. The van der Waals surface area contributed by atoms with E-state index in [0.717, 1.165) is 19.6 Å². The molecule has 1 unspecified atom stereocenters. The summed E-state index contributed by atoms with van der Waals surface area (Å²) in [6.07, 6.45) is 6.21. The second-order valence-corrected chi connectivity index (χ2v) is 4.76. The molecule has 1 rings (SSSR count). The van der Waals surface area contributed by atoms with Crippen molar-refractivity contribution >= 4 is 0 Å². The van der Waals surface area contributed by atoms with Gasteiger partial charge in [0.15, 0.2) is 0 Å². The lowest BCUT2D eigenvalue weighted by Crippen LogP contribution is -2.23. The SMILES string of the molecule is CCCCCC(NCCCOC)c1ccccc1. The Morgan fingerprint density at radius 3 is 2.56 bits per heavy atom. The Morgan fingerprint density at radius 2 is 1.89 bits per heavy atom. The Labute approximate surface area is 112 Å². The third-order valence-corrected chi connectivity index (χ3v) is 3.21. The average molecular weight is 249 g/mol. The highest BCUT2D eigenvalue weighted by Gasteiger charge is 2.09. The van der Waals surface area contributed by atoms with Gasteiger partial charge < -0.3 is 10.1 Å². The smallest absolute Gasteiger partial charge is 0.0474 e. The summed E-state index contributed by atoms with van der Waals surface area (Å²) in [7, 11) is 1.76. The summed E-state index contributed by atoms with van der Waals surface area (Å²) in [6, 6.07) is 11.3. The van der Waals surface area contributed by atoms with Crippen LogP contribution in [0.15, 0.2) is 30.3 Å². The molecule has 1 N–H and O–H groups in total. The minimum atomic E-state index is 0.495. The molecule has 2 nitrogen and oxygen atoms in total. The second-order valence-electron chi connectivity index (χ2n) is 4.76. The van der Waals surface area contributed by atoms with Crippen molar-refractivity contribution in [3.63, 3.8) is 0 Å². The normalized spacial score (nSPS) is 12.6. The molecule has 1 aromatic carbocycles. The van der Waals surface area contributed by atoms with E-state index in [2.05, 4.69) is 42.6 Å². The standard InChI is InChI=1S/C16H27NO/c1-3-4-6-12-16(17-13-9-14-18-2)15-10-7-5-8-11-15/h5,7-8,10-11,16-17H,3-4,6,9,12-14H2,1-2H3. The quantitative estimate of drug-likeness (QED) is 0.634. The van der Waals surface area contributed by atoms with Crippen LogP contribution >= 0.6 is 0 Å². The molecule has 0 saturated heterocycles. The van der Waals surface area contributed by atoms with Gasteiger partial charge in [-0.1, -0.05) is 56.5 Å². The molecule has 0 aliphatic carbocycles. The molecule has 0 aromatic heterocycles. The Morgan fingerprint density at radius 1 is 1.11 bits per heavy atom. The lowest BCUT2D eigenvalue weighted by molar-refractivity contribution is 0.193. The molecule has 0 saturated carbocycles. The summed E-state index contributed by atoms with van der Waals surface area (Å²) >= 11 is 0. The van der Waals surface area contributed by atoms with Crippen LogP contribution in [0.2, 0.25) is 0 Å². The molecule has 2 heteroatoms. The molecule has 0 bridgehead atoms. The number of benzene rings is 1. The molecule has 102 valence electrons. The maximum absolute atomic E-state index is 5.09. The maximum atomic E-state index is 5.09. The number of nitrogens with one attached hydrogen (secondary N) is 1. The molecular formula is C16H27NO. The number of rotatable bonds is 10. The summed E-state index contributed by atoms with van der Waals surface area (Å²) in [5.41, 5.74) is 1.41. The minimum absolute atomic E-state index is 0.495. The zero-order chi connectivity index (χ0) is 13.1. The summed E-state index contributed by atoms with van der Waals surface area (Å²) in [6.45, 7) is 4.12. The van der Waals surface area contributed by atoms with Crippen LogP contribution < -0.4 is 5.32 Å². The van der Waals surface area contributed by atoms with Crippen LogP contribution in [-0.2, 0) is 4.74 Å². The molecule has 18 heavy (non-hydrogen) atoms. The van der Waals surface area contributed by atoms with E-state index >= 15 is 0 Å². The topological polar surface area (TPSA) is 21.3 Å². The Balaban J connectivity index is 2.42. The zero-order valence-electron chi connectivity index (χ0n) is 11.8. The molecule has 0 aliphatic rings. The van der Waals surface area contributed by atoms with Gasteiger partial charge in [-0.2, -0.15) is 0 Å². The third-order valence-electron chi connectivity index (χ3n) is 3.21. The van der Waals surface area contributed by atoms with Crippen LogP contribution in [0.25, 0.3) is 0 Å². The predicted molar refractivity (Wildman–Crippen MR) is 77.8 cm³/mol. The monoisotopic (exact) mass is 249 g/mol. The van der Waals surface area contributed by atoms with Crippen molar-refractivity contribution in [2.75, 3.05) is 20.3 Å². The summed E-state index contributed by atoms with van der Waals surface area (Å²) in [4.78, 5) is 0. The van der Waals surface area contributed by atoms with Crippen LogP contribution in [0.5, 0.6) is 0 Å². The lowest BCUT2D eigenvalue weighted by atomic mass is 10.0. The van der Waals surface area contributed by atoms with Crippen molar-refractivity contribution in [2.45, 2.75) is 45.1 Å². The summed E-state index contributed by atoms with van der Waals surface area (Å²) in [5.74, 6) is 0.